The fourth-order valence-corrected chi connectivity index (χ4v) is 3.55. The summed E-state index contributed by atoms with van der Waals surface area (Å²) in [7, 11) is 0. The maximum Gasteiger partial charge on any atom is 0.326 e. The van der Waals surface area contributed by atoms with Crippen LogP contribution in [0, 0.1) is 0 Å². The van der Waals surface area contributed by atoms with Gasteiger partial charge in [0.05, 0.1) is 6.42 Å². The number of rotatable bonds is 4. The zero-order valence-corrected chi connectivity index (χ0v) is 15.1. The summed E-state index contributed by atoms with van der Waals surface area (Å²) in [5.41, 5.74) is 2.94. The van der Waals surface area contributed by atoms with E-state index in [1.807, 2.05) is 24.3 Å². The first-order valence-corrected chi connectivity index (χ1v) is 9.01. The van der Waals surface area contributed by atoms with Gasteiger partial charge in [0.1, 0.15) is 6.54 Å². The van der Waals surface area contributed by atoms with Gasteiger partial charge in [0.15, 0.2) is 6.61 Å². The molecule has 7 nitrogen and oxygen atoms in total. The second-order valence-electron chi connectivity index (χ2n) is 6.70. The minimum absolute atomic E-state index is 0.0543. The predicted octanol–water partition coefficient (Wildman–Crippen LogP) is 1.34. The van der Waals surface area contributed by atoms with Crippen molar-refractivity contribution in [2.24, 2.45) is 0 Å². The van der Waals surface area contributed by atoms with Gasteiger partial charge >= 0.3 is 5.97 Å². The summed E-state index contributed by atoms with van der Waals surface area (Å²) >= 11 is 0. The van der Waals surface area contributed by atoms with Crippen molar-refractivity contribution in [3.63, 3.8) is 0 Å². The molecular weight excluding hydrogens is 360 g/mol. The van der Waals surface area contributed by atoms with Gasteiger partial charge < -0.3 is 9.64 Å². The van der Waals surface area contributed by atoms with E-state index >= 15 is 0 Å². The molecular formula is C21H18N2O5. The second-order valence-corrected chi connectivity index (χ2v) is 6.70. The summed E-state index contributed by atoms with van der Waals surface area (Å²) in [6.45, 7) is -0.397. The number of ether oxygens (including phenoxy) is 1. The predicted molar refractivity (Wildman–Crippen MR) is 99.6 cm³/mol. The molecule has 0 aromatic heterocycles. The van der Waals surface area contributed by atoms with Crippen LogP contribution in [0.15, 0.2) is 48.5 Å². The molecule has 0 bridgehead atoms. The molecule has 0 saturated carbocycles. The molecule has 142 valence electrons. The average Bonchev–Trinajstić information content (AvgIpc) is 3.13. The van der Waals surface area contributed by atoms with Gasteiger partial charge in [-0.15, -0.1) is 0 Å². The fourth-order valence-electron chi connectivity index (χ4n) is 3.55. The first kappa shape index (κ1) is 17.9. The molecule has 0 saturated heterocycles. The molecule has 2 heterocycles. The third-order valence-corrected chi connectivity index (χ3v) is 4.97. The Balaban J connectivity index is 1.36. The average molecular weight is 378 g/mol. The van der Waals surface area contributed by atoms with Gasteiger partial charge in [0.2, 0.25) is 5.91 Å². The zero-order valence-electron chi connectivity index (χ0n) is 15.1. The Labute approximate surface area is 161 Å². The van der Waals surface area contributed by atoms with Crippen LogP contribution in [0.4, 0.5) is 5.69 Å². The summed E-state index contributed by atoms with van der Waals surface area (Å²) < 4.78 is 5.04. The van der Waals surface area contributed by atoms with Gasteiger partial charge in [0, 0.05) is 17.8 Å². The molecule has 2 aliphatic rings. The number of imide groups is 1. The minimum atomic E-state index is -0.790. The van der Waals surface area contributed by atoms with Crippen molar-refractivity contribution in [2.75, 3.05) is 24.6 Å². The quantitative estimate of drug-likeness (QED) is 0.592. The summed E-state index contributed by atoms with van der Waals surface area (Å²) in [5.74, 6) is -2.11. The molecule has 0 unspecified atom stereocenters. The fraction of sp³-hybridized carbons (Fsp3) is 0.238. The molecule has 3 amide bonds. The van der Waals surface area contributed by atoms with Crippen molar-refractivity contribution in [3.8, 4) is 0 Å². The van der Waals surface area contributed by atoms with Crippen LogP contribution >= 0.6 is 0 Å². The van der Waals surface area contributed by atoms with Crippen molar-refractivity contribution in [3.05, 3.63) is 65.2 Å². The summed E-state index contributed by atoms with van der Waals surface area (Å²) in [6, 6.07) is 14.4. The highest BCUT2D eigenvalue weighted by Crippen LogP contribution is 2.27. The van der Waals surface area contributed by atoms with Crippen molar-refractivity contribution in [1.29, 1.82) is 0 Å². The Morgan fingerprint density at radius 2 is 1.68 bits per heavy atom. The van der Waals surface area contributed by atoms with Gasteiger partial charge in [-0.1, -0.05) is 36.4 Å². The van der Waals surface area contributed by atoms with E-state index in [1.165, 1.54) is 0 Å². The van der Waals surface area contributed by atoms with E-state index in [9.17, 15) is 19.2 Å². The Bertz CT molecular complexity index is 984. The van der Waals surface area contributed by atoms with Crippen LogP contribution in [0.5, 0.6) is 0 Å². The number of hydrogen-bond acceptors (Lipinski definition) is 5. The van der Waals surface area contributed by atoms with Crippen LogP contribution < -0.4 is 4.90 Å². The zero-order chi connectivity index (χ0) is 19.7. The number of hydrogen-bond donors (Lipinski definition) is 0. The Hall–Kier alpha value is -3.48. The van der Waals surface area contributed by atoms with Gasteiger partial charge in [-0.3, -0.25) is 24.1 Å². The molecule has 2 aliphatic heterocycles. The van der Waals surface area contributed by atoms with Crippen molar-refractivity contribution >= 4 is 29.4 Å². The number of carbonyl (C=O) groups is 4. The highest BCUT2D eigenvalue weighted by molar-refractivity contribution is 6.11. The molecule has 0 spiro atoms. The lowest BCUT2D eigenvalue weighted by molar-refractivity contribution is -0.150. The topological polar surface area (TPSA) is 84.0 Å². The molecule has 2 aromatic rings. The van der Waals surface area contributed by atoms with E-state index in [2.05, 4.69) is 0 Å². The van der Waals surface area contributed by atoms with E-state index in [0.29, 0.717) is 17.7 Å². The van der Waals surface area contributed by atoms with Gasteiger partial charge in [0.25, 0.3) is 11.8 Å². The van der Waals surface area contributed by atoms with Gasteiger partial charge in [-0.05, 0) is 29.7 Å². The largest absolute Gasteiger partial charge is 0.454 e. The van der Waals surface area contributed by atoms with Gasteiger partial charge in [-0.25, -0.2) is 0 Å². The van der Waals surface area contributed by atoms with E-state index in [0.717, 1.165) is 22.6 Å². The number of nitrogens with zero attached hydrogens (tertiary/aromatic N) is 2. The Morgan fingerprint density at radius 3 is 2.50 bits per heavy atom. The van der Waals surface area contributed by atoms with Crippen molar-refractivity contribution in [2.45, 2.75) is 12.8 Å². The molecule has 28 heavy (non-hydrogen) atoms. The first-order chi connectivity index (χ1) is 13.5. The van der Waals surface area contributed by atoms with E-state index < -0.39 is 30.9 Å². The number of fused-ring (bicyclic) bond motifs is 2. The molecule has 0 aliphatic carbocycles. The molecule has 4 rings (SSSR count). The SMILES string of the molecule is O=C(CN1C(=O)Cc2ccccc2C1=O)OCC(=O)N1CCc2ccccc21. The molecule has 2 aromatic carbocycles. The second kappa shape index (κ2) is 7.26. The van der Waals surface area contributed by atoms with Crippen LogP contribution in [0.3, 0.4) is 0 Å². The van der Waals surface area contributed by atoms with E-state index in [1.54, 1.807) is 29.2 Å². The maximum absolute atomic E-state index is 12.5. The highest BCUT2D eigenvalue weighted by atomic mass is 16.5. The third-order valence-electron chi connectivity index (χ3n) is 4.97. The summed E-state index contributed by atoms with van der Waals surface area (Å²) in [6.07, 6.45) is 0.810. The van der Waals surface area contributed by atoms with Crippen LogP contribution in [0.25, 0.3) is 0 Å². The number of amides is 3. The lowest BCUT2D eigenvalue weighted by Gasteiger charge is -2.26. The Morgan fingerprint density at radius 1 is 0.964 bits per heavy atom. The van der Waals surface area contributed by atoms with Crippen LogP contribution in [0.2, 0.25) is 0 Å². The number of benzene rings is 2. The van der Waals surface area contributed by atoms with E-state index in [-0.39, 0.29) is 12.3 Å². The number of carbonyl (C=O) groups excluding carboxylic acids is 4. The van der Waals surface area contributed by atoms with Crippen molar-refractivity contribution in [1.82, 2.24) is 4.90 Å². The monoisotopic (exact) mass is 378 g/mol. The number of para-hydroxylation sites is 1. The maximum atomic E-state index is 12.5. The lowest BCUT2D eigenvalue weighted by Crippen LogP contribution is -2.45. The minimum Gasteiger partial charge on any atom is -0.454 e. The molecule has 0 radical (unpaired) electrons. The van der Waals surface area contributed by atoms with Crippen LogP contribution in [0.1, 0.15) is 21.5 Å². The molecule has 7 heteroatoms. The van der Waals surface area contributed by atoms with Crippen molar-refractivity contribution < 1.29 is 23.9 Å². The Kier molecular flexibility index (Phi) is 4.65. The lowest BCUT2D eigenvalue weighted by atomic mass is 9.98. The molecule has 0 N–H and O–H groups in total. The first-order valence-electron chi connectivity index (χ1n) is 9.01. The molecule has 0 atom stereocenters. The van der Waals surface area contributed by atoms with Gasteiger partial charge in [-0.2, -0.15) is 0 Å². The van der Waals surface area contributed by atoms with E-state index in [4.69, 9.17) is 4.74 Å². The smallest absolute Gasteiger partial charge is 0.326 e. The highest BCUT2D eigenvalue weighted by Gasteiger charge is 2.33. The third kappa shape index (κ3) is 3.26. The normalized spacial score (nSPS) is 15.3. The molecule has 0 fully saturated rings. The number of anilines is 1. The standard InChI is InChI=1S/C21H18N2O5/c24-18-11-15-6-1-3-7-16(15)21(27)23(18)12-20(26)28-13-19(25)22-10-9-14-5-2-4-8-17(14)22/h1-8H,9-13H2. The summed E-state index contributed by atoms with van der Waals surface area (Å²) in [4.78, 5) is 51.7. The number of esters is 1. The summed E-state index contributed by atoms with van der Waals surface area (Å²) in [5, 5.41) is 0. The van der Waals surface area contributed by atoms with Crippen LogP contribution in [-0.2, 0) is 32.0 Å². The van der Waals surface area contributed by atoms with Crippen LogP contribution in [-0.4, -0.2) is 48.3 Å².